The Labute approximate surface area is 142 Å². The Morgan fingerprint density at radius 2 is 1.88 bits per heavy atom. The van der Waals surface area contributed by atoms with Crippen LogP contribution in [0.2, 0.25) is 0 Å². The van der Waals surface area contributed by atoms with Crippen molar-refractivity contribution in [2.45, 2.75) is 6.92 Å². The third-order valence-corrected chi connectivity index (χ3v) is 4.00. The van der Waals surface area contributed by atoms with Gasteiger partial charge < -0.3 is 0 Å². The van der Waals surface area contributed by atoms with Crippen LogP contribution in [0.5, 0.6) is 0 Å². The Balaban J connectivity index is 0.000000647. The summed E-state index contributed by atoms with van der Waals surface area (Å²) in [7, 11) is 0. The van der Waals surface area contributed by atoms with Crippen LogP contribution >= 0.6 is 15.9 Å². The van der Waals surface area contributed by atoms with E-state index < -0.39 is 30.5 Å². The minimum absolute atomic E-state index is 0.0806. The summed E-state index contributed by atoms with van der Waals surface area (Å²) < 4.78 is 47.6. The Kier molecular flexibility index (Phi) is 5.37. The second kappa shape index (κ2) is 7.12. The van der Waals surface area contributed by atoms with Crippen LogP contribution in [0.3, 0.4) is 0 Å². The molecule has 10 heteroatoms. The van der Waals surface area contributed by atoms with Crippen molar-refractivity contribution in [3.8, 4) is 0 Å². The molecule has 3 rings (SSSR count). The van der Waals surface area contributed by atoms with Crippen molar-refractivity contribution in [1.29, 1.82) is 0 Å². The number of hydrogen-bond donors (Lipinski definition) is 0. The molecule has 0 saturated carbocycles. The highest BCUT2D eigenvalue weighted by Gasteiger charge is 2.39. The molecule has 2 amide bonds. The highest BCUT2D eigenvalue weighted by Crippen LogP contribution is 2.31. The first-order valence-corrected chi connectivity index (χ1v) is 7.27. The number of fused-ring (bicyclic) bond motifs is 1. The lowest BCUT2D eigenvalue weighted by atomic mass is 10.2. The summed E-state index contributed by atoms with van der Waals surface area (Å²) in [5.74, 6) is -3.17. The number of halogens is 5. The van der Waals surface area contributed by atoms with E-state index in [4.69, 9.17) is 0 Å². The maximum atomic E-state index is 14.1. The zero-order valence-corrected chi connectivity index (χ0v) is 13.8. The molecule has 5 nitrogen and oxygen atoms in total. The van der Waals surface area contributed by atoms with Gasteiger partial charge in [-0.1, -0.05) is 15.9 Å². The minimum Gasteiger partial charge on any atom is -0.278 e. The van der Waals surface area contributed by atoms with Gasteiger partial charge in [0.2, 0.25) is 18.8 Å². The molecule has 0 bridgehead atoms. The van der Waals surface area contributed by atoms with Crippen LogP contribution in [0.15, 0.2) is 33.6 Å². The predicted molar refractivity (Wildman–Crippen MR) is 81.7 cm³/mol. The standard InChI is InChI=1S/C13H8BrF2N3O2.CH2F2/c1-6-2-9(8(15)3-7(6)14)19-12(21)4-10(16)18-5-11(20)17-13(18)19;2-1-3/h2-4H,5H2,1H3;1H2. The van der Waals surface area contributed by atoms with Crippen LogP contribution < -0.4 is 4.90 Å². The van der Waals surface area contributed by atoms with E-state index in [1.807, 2.05) is 0 Å². The topological polar surface area (TPSA) is 53.0 Å². The number of alkyl halides is 2. The first-order chi connectivity index (χ1) is 11.3. The number of carbonyl (C=O) groups is 2. The molecule has 0 aliphatic carbocycles. The van der Waals surface area contributed by atoms with Crippen LogP contribution in [0.4, 0.5) is 23.2 Å². The van der Waals surface area contributed by atoms with Crippen molar-refractivity contribution in [1.82, 2.24) is 4.90 Å². The lowest BCUT2D eigenvalue weighted by Crippen LogP contribution is -2.48. The molecule has 0 radical (unpaired) electrons. The van der Waals surface area contributed by atoms with Crippen LogP contribution in [0.1, 0.15) is 5.56 Å². The van der Waals surface area contributed by atoms with Gasteiger partial charge in [0.05, 0.1) is 11.8 Å². The summed E-state index contributed by atoms with van der Waals surface area (Å²) in [6.45, 7) is -0.337. The summed E-state index contributed by atoms with van der Waals surface area (Å²) in [6, 6.07) is 2.63. The van der Waals surface area contributed by atoms with Gasteiger partial charge in [0.15, 0.2) is 0 Å². The molecule has 2 aliphatic heterocycles. The van der Waals surface area contributed by atoms with Gasteiger partial charge in [0.1, 0.15) is 12.4 Å². The van der Waals surface area contributed by atoms with Gasteiger partial charge in [-0.25, -0.2) is 18.1 Å². The molecule has 24 heavy (non-hydrogen) atoms. The van der Waals surface area contributed by atoms with E-state index in [9.17, 15) is 27.2 Å². The van der Waals surface area contributed by atoms with E-state index in [0.29, 0.717) is 16.1 Å². The van der Waals surface area contributed by atoms with E-state index in [2.05, 4.69) is 20.9 Å². The summed E-state index contributed by atoms with van der Waals surface area (Å²) in [4.78, 5) is 28.8. The average molecular weight is 408 g/mol. The van der Waals surface area contributed by atoms with Crippen LogP contribution in [-0.4, -0.2) is 36.1 Å². The predicted octanol–water partition coefficient (Wildman–Crippen LogP) is 3.14. The molecular formula is C14H10BrF4N3O2. The molecule has 0 atom stereocenters. The fraction of sp³-hybridized carbons (Fsp3) is 0.214. The van der Waals surface area contributed by atoms with Gasteiger partial charge in [-0.3, -0.25) is 14.5 Å². The molecule has 1 aromatic carbocycles. The number of benzene rings is 1. The number of nitrogens with zero attached hydrogens (tertiary/aromatic N) is 3. The number of aliphatic imine (C=N–C) groups is 1. The second-order valence-corrected chi connectivity index (χ2v) is 5.54. The van der Waals surface area contributed by atoms with E-state index in [0.717, 1.165) is 9.80 Å². The smallest absolute Gasteiger partial charge is 0.269 e. The molecule has 0 spiro atoms. The van der Waals surface area contributed by atoms with Crippen molar-refractivity contribution in [3.63, 3.8) is 0 Å². The molecule has 0 saturated heterocycles. The largest absolute Gasteiger partial charge is 0.278 e. The van der Waals surface area contributed by atoms with Gasteiger partial charge >= 0.3 is 0 Å². The maximum Gasteiger partial charge on any atom is 0.269 e. The summed E-state index contributed by atoms with van der Waals surface area (Å²) >= 11 is 3.18. The highest BCUT2D eigenvalue weighted by atomic mass is 79.9. The molecule has 0 N–H and O–H groups in total. The van der Waals surface area contributed by atoms with Gasteiger partial charge in [-0.15, -0.1) is 0 Å². The fourth-order valence-electron chi connectivity index (χ4n) is 2.14. The number of guanidine groups is 1. The first kappa shape index (κ1) is 18.1. The van der Waals surface area contributed by atoms with Crippen molar-refractivity contribution in [2.24, 2.45) is 4.99 Å². The van der Waals surface area contributed by atoms with Crippen LogP contribution in [-0.2, 0) is 9.59 Å². The summed E-state index contributed by atoms with van der Waals surface area (Å²) in [6.07, 6.45) is 0.703. The van der Waals surface area contributed by atoms with Crippen LogP contribution in [0.25, 0.3) is 0 Å². The Morgan fingerprint density at radius 3 is 2.50 bits per heavy atom. The number of amides is 2. The molecule has 0 aromatic heterocycles. The van der Waals surface area contributed by atoms with E-state index >= 15 is 0 Å². The average Bonchev–Trinajstić information content (AvgIpc) is 2.87. The number of rotatable bonds is 1. The third-order valence-electron chi connectivity index (χ3n) is 3.15. The molecule has 1 aromatic rings. The minimum atomic E-state index is -1.75. The van der Waals surface area contributed by atoms with Crippen molar-refractivity contribution >= 4 is 39.4 Å². The SMILES string of the molecule is Cc1cc(N2C(=O)C=C(F)N3CC(=O)N=C32)c(F)cc1Br.FCF. The van der Waals surface area contributed by atoms with Gasteiger partial charge in [-0.05, 0) is 24.6 Å². The lowest BCUT2D eigenvalue weighted by Gasteiger charge is -2.31. The van der Waals surface area contributed by atoms with E-state index in [-0.39, 0.29) is 18.2 Å². The molecule has 0 unspecified atom stereocenters. The number of anilines is 1. The number of aryl methyl sites for hydroxylation is 1. The quantitative estimate of drug-likeness (QED) is 0.530. The first-order valence-electron chi connectivity index (χ1n) is 6.48. The van der Waals surface area contributed by atoms with Gasteiger partial charge in [0.25, 0.3) is 11.8 Å². The van der Waals surface area contributed by atoms with Crippen molar-refractivity contribution in [2.75, 3.05) is 18.4 Å². The Hall–Kier alpha value is -2.23. The maximum absolute atomic E-state index is 14.1. The zero-order chi connectivity index (χ0) is 18.0. The molecule has 128 valence electrons. The van der Waals surface area contributed by atoms with E-state index in [1.54, 1.807) is 6.92 Å². The summed E-state index contributed by atoms with van der Waals surface area (Å²) in [5.41, 5.74) is 0.605. The third kappa shape index (κ3) is 3.32. The zero-order valence-electron chi connectivity index (χ0n) is 12.2. The normalized spacial score (nSPS) is 16.4. The van der Waals surface area contributed by atoms with Gasteiger partial charge in [0, 0.05) is 4.47 Å². The summed E-state index contributed by atoms with van der Waals surface area (Å²) in [5, 5.41) is 0. The Morgan fingerprint density at radius 1 is 1.25 bits per heavy atom. The highest BCUT2D eigenvalue weighted by molar-refractivity contribution is 9.10. The van der Waals surface area contributed by atoms with E-state index in [1.165, 1.54) is 12.1 Å². The fourth-order valence-corrected chi connectivity index (χ4v) is 2.45. The van der Waals surface area contributed by atoms with Crippen molar-refractivity contribution < 1.29 is 27.2 Å². The lowest BCUT2D eigenvalue weighted by molar-refractivity contribution is -0.117. The molecular weight excluding hydrogens is 398 g/mol. The van der Waals surface area contributed by atoms with Crippen molar-refractivity contribution in [3.05, 3.63) is 40.0 Å². The van der Waals surface area contributed by atoms with Gasteiger partial charge in [-0.2, -0.15) is 9.38 Å². The molecule has 2 heterocycles. The Bertz CT molecular complexity index is 767. The van der Waals surface area contributed by atoms with Crippen LogP contribution in [0, 0.1) is 12.7 Å². The monoisotopic (exact) mass is 407 g/mol. The molecule has 0 fully saturated rings. The number of carbonyl (C=O) groups excluding carboxylic acids is 2. The number of hydrogen-bond acceptors (Lipinski definition) is 3. The second-order valence-electron chi connectivity index (χ2n) is 4.69. The molecule has 2 aliphatic rings.